The molecule has 1 unspecified atom stereocenters. The first-order chi connectivity index (χ1) is 7.33. The molecule has 2 aromatic heterocycles. The maximum absolute atomic E-state index is 10.1. The van der Waals surface area contributed by atoms with Crippen molar-refractivity contribution in [2.24, 2.45) is 0 Å². The Kier molecular flexibility index (Phi) is 3.18. The van der Waals surface area contributed by atoms with E-state index >= 15 is 0 Å². The van der Waals surface area contributed by atoms with Crippen LogP contribution in [0.25, 0.3) is 0 Å². The molecule has 0 aromatic carbocycles. The third-order valence-electron chi connectivity index (χ3n) is 2.32. The van der Waals surface area contributed by atoms with Crippen LogP contribution in [0.1, 0.15) is 30.7 Å². The lowest BCUT2D eigenvalue weighted by Gasteiger charge is -2.11. The summed E-state index contributed by atoms with van der Waals surface area (Å²) in [6, 6.07) is 3.82. The second-order valence-corrected chi connectivity index (χ2v) is 4.22. The van der Waals surface area contributed by atoms with E-state index in [0.29, 0.717) is 0 Å². The van der Waals surface area contributed by atoms with Gasteiger partial charge in [-0.2, -0.15) is 16.4 Å². The average molecular weight is 222 g/mol. The zero-order chi connectivity index (χ0) is 10.7. The lowest BCUT2D eigenvalue weighted by Crippen LogP contribution is -2.09. The lowest BCUT2D eigenvalue weighted by molar-refractivity contribution is 0.208. The molecule has 0 radical (unpaired) electrons. The fraction of sp³-hybridized carbons (Fsp3) is 0.364. The number of aryl methyl sites for hydroxylation is 1. The van der Waals surface area contributed by atoms with Gasteiger partial charge >= 0.3 is 0 Å². The molecule has 0 saturated heterocycles. The Morgan fingerprint density at radius 1 is 1.53 bits per heavy atom. The highest BCUT2D eigenvalue weighted by Crippen LogP contribution is 2.23. The van der Waals surface area contributed by atoms with E-state index < -0.39 is 6.10 Å². The van der Waals surface area contributed by atoms with E-state index in [0.717, 1.165) is 24.2 Å². The summed E-state index contributed by atoms with van der Waals surface area (Å²) in [5.74, 6) is 0. The highest BCUT2D eigenvalue weighted by atomic mass is 32.1. The first kappa shape index (κ1) is 10.4. The predicted octanol–water partition coefficient (Wildman–Crippen LogP) is 2.44. The Balaban J connectivity index is 2.25. The van der Waals surface area contributed by atoms with Crippen LogP contribution >= 0.6 is 11.3 Å². The van der Waals surface area contributed by atoms with Crippen molar-refractivity contribution in [3.63, 3.8) is 0 Å². The lowest BCUT2D eigenvalue weighted by atomic mass is 10.1. The molecule has 3 nitrogen and oxygen atoms in total. The molecule has 0 amide bonds. The molecule has 2 aromatic rings. The normalized spacial score (nSPS) is 12.9. The minimum Gasteiger partial charge on any atom is -0.382 e. The Labute approximate surface area is 93.0 Å². The number of hydrogen-bond donors (Lipinski definition) is 1. The fourth-order valence-electron chi connectivity index (χ4n) is 1.58. The number of rotatable bonds is 4. The maximum atomic E-state index is 10.1. The number of nitrogens with zero attached hydrogens (tertiary/aromatic N) is 2. The highest BCUT2D eigenvalue weighted by molar-refractivity contribution is 7.07. The zero-order valence-corrected chi connectivity index (χ0v) is 9.44. The van der Waals surface area contributed by atoms with Gasteiger partial charge in [-0.3, -0.25) is 4.68 Å². The number of aliphatic hydroxyl groups excluding tert-OH is 1. The second-order valence-electron chi connectivity index (χ2n) is 3.44. The summed E-state index contributed by atoms with van der Waals surface area (Å²) in [6.45, 7) is 2.95. The van der Waals surface area contributed by atoms with Gasteiger partial charge in [0.25, 0.3) is 0 Å². The largest absolute Gasteiger partial charge is 0.382 e. The van der Waals surface area contributed by atoms with Gasteiger partial charge in [0, 0.05) is 12.7 Å². The van der Waals surface area contributed by atoms with Gasteiger partial charge in [0.05, 0.1) is 5.69 Å². The molecule has 0 aliphatic rings. The molecule has 0 bridgehead atoms. The van der Waals surface area contributed by atoms with Crippen LogP contribution in [0, 0.1) is 0 Å². The predicted molar refractivity (Wildman–Crippen MR) is 60.9 cm³/mol. The van der Waals surface area contributed by atoms with Crippen molar-refractivity contribution in [1.29, 1.82) is 0 Å². The Morgan fingerprint density at radius 3 is 3.07 bits per heavy atom. The molecule has 80 valence electrons. The van der Waals surface area contributed by atoms with E-state index in [-0.39, 0.29) is 0 Å². The minimum absolute atomic E-state index is 0.551. The van der Waals surface area contributed by atoms with Crippen molar-refractivity contribution < 1.29 is 5.11 Å². The van der Waals surface area contributed by atoms with Gasteiger partial charge < -0.3 is 5.11 Å². The number of thiophene rings is 1. The number of aromatic nitrogens is 2. The minimum atomic E-state index is -0.551. The van der Waals surface area contributed by atoms with Crippen molar-refractivity contribution >= 4 is 11.3 Å². The molecule has 1 atom stereocenters. The van der Waals surface area contributed by atoms with Crippen LogP contribution < -0.4 is 0 Å². The standard InChI is InChI=1S/C11H14N2OS/c1-2-6-13-10(3-5-12-13)11(14)9-4-7-15-8-9/h3-5,7-8,11,14H,2,6H2,1H3. The molecule has 2 heterocycles. The van der Waals surface area contributed by atoms with Crippen molar-refractivity contribution in [1.82, 2.24) is 9.78 Å². The van der Waals surface area contributed by atoms with Gasteiger partial charge in [0.1, 0.15) is 6.10 Å². The van der Waals surface area contributed by atoms with Gasteiger partial charge in [-0.15, -0.1) is 0 Å². The molecular weight excluding hydrogens is 208 g/mol. The number of aliphatic hydroxyl groups is 1. The molecule has 0 aliphatic heterocycles. The third-order valence-corrected chi connectivity index (χ3v) is 3.03. The van der Waals surface area contributed by atoms with Crippen molar-refractivity contribution in [2.45, 2.75) is 26.0 Å². The van der Waals surface area contributed by atoms with E-state index in [1.807, 2.05) is 27.6 Å². The molecule has 0 fully saturated rings. The van der Waals surface area contributed by atoms with Crippen molar-refractivity contribution in [2.75, 3.05) is 0 Å². The fourth-order valence-corrected chi connectivity index (χ4v) is 2.25. The maximum Gasteiger partial charge on any atom is 0.121 e. The van der Waals surface area contributed by atoms with Gasteiger partial charge in [0.2, 0.25) is 0 Å². The zero-order valence-electron chi connectivity index (χ0n) is 8.63. The molecule has 15 heavy (non-hydrogen) atoms. The summed E-state index contributed by atoms with van der Waals surface area (Å²) < 4.78 is 1.86. The van der Waals surface area contributed by atoms with Gasteiger partial charge in [0.15, 0.2) is 0 Å². The molecule has 0 aliphatic carbocycles. The summed E-state index contributed by atoms with van der Waals surface area (Å²) in [7, 11) is 0. The Bertz CT molecular complexity index is 408. The first-order valence-corrected chi connectivity index (χ1v) is 5.99. The summed E-state index contributed by atoms with van der Waals surface area (Å²) in [5, 5.41) is 18.3. The number of hydrogen-bond acceptors (Lipinski definition) is 3. The van der Waals surface area contributed by atoms with E-state index in [4.69, 9.17) is 0 Å². The van der Waals surface area contributed by atoms with Crippen LogP contribution in [0.15, 0.2) is 29.1 Å². The average Bonchev–Trinajstić information content (AvgIpc) is 2.87. The summed E-state index contributed by atoms with van der Waals surface area (Å²) >= 11 is 1.59. The third kappa shape index (κ3) is 2.11. The van der Waals surface area contributed by atoms with Crippen LogP contribution in [0.3, 0.4) is 0 Å². The SMILES string of the molecule is CCCn1nccc1C(O)c1ccsc1. The van der Waals surface area contributed by atoms with Crippen molar-refractivity contribution in [3.8, 4) is 0 Å². The van der Waals surface area contributed by atoms with Gasteiger partial charge in [-0.25, -0.2) is 0 Å². The summed E-state index contributed by atoms with van der Waals surface area (Å²) in [4.78, 5) is 0. The quantitative estimate of drug-likeness (QED) is 0.862. The molecule has 2 rings (SSSR count). The van der Waals surface area contributed by atoms with Crippen LogP contribution in [0.5, 0.6) is 0 Å². The summed E-state index contributed by atoms with van der Waals surface area (Å²) in [6.07, 6.45) is 2.20. The van der Waals surface area contributed by atoms with Gasteiger partial charge in [-0.1, -0.05) is 6.92 Å². The second kappa shape index (κ2) is 4.59. The molecule has 4 heteroatoms. The monoisotopic (exact) mass is 222 g/mol. The van der Waals surface area contributed by atoms with Crippen LogP contribution in [-0.4, -0.2) is 14.9 Å². The van der Waals surface area contributed by atoms with E-state index in [1.165, 1.54) is 0 Å². The molecule has 0 spiro atoms. The Morgan fingerprint density at radius 2 is 2.40 bits per heavy atom. The Hall–Kier alpha value is -1.13. The molecular formula is C11H14N2OS. The van der Waals surface area contributed by atoms with E-state index in [9.17, 15) is 5.11 Å². The topological polar surface area (TPSA) is 38.0 Å². The smallest absolute Gasteiger partial charge is 0.121 e. The first-order valence-electron chi connectivity index (χ1n) is 5.04. The van der Waals surface area contributed by atoms with E-state index in [2.05, 4.69) is 12.0 Å². The van der Waals surface area contributed by atoms with Crippen molar-refractivity contribution in [3.05, 3.63) is 40.3 Å². The molecule has 0 saturated carbocycles. The van der Waals surface area contributed by atoms with Crippen LogP contribution in [-0.2, 0) is 6.54 Å². The highest BCUT2D eigenvalue weighted by Gasteiger charge is 2.14. The van der Waals surface area contributed by atoms with Crippen LogP contribution in [0.4, 0.5) is 0 Å². The van der Waals surface area contributed by atoms with E-state index in [1.54, 1.807) is 17.5 Å². The molecule has 1 N–H and O–H groups in total. The van der Waals surface area contributed by atoms with Gasteiger partial charge in [-0.05, 0) is 34.9 Å². The summed E-state index contributed by atoms with van der Waals surface area (Å²) in [5.41, 5.74) is 1.81. The van der Waals surface area contributed by atoms with Crippen LogP contribution in [0.2, 0.25) is 0 Å².